The zero-order valence-corrected chi connectivity index (χ0v) is 11.5. The molecule has 2 rings (SSSR count). The summed E-state index contributed by atoms with van der Waals surface area (Å²) in [5.74, 6) is -0.844. The Morgan fingerprint density at radius 2 is 2.10 bits per heavy atom. The number of benzene rings is 1. The molecule has 1 heterocycles. The number of carbonyl (C=O) groups is 1. The van der Waals surface area contributed by atoms with Crippen LogP contribution in [0.5, 0.6) is 5.75 Å². The van der Waals surface area contributed by atoms with Gasteiger partial charge in [0.2, 0.25) is 11.1 Å². The van der Waals surface area contributed by atoms with Crippen LogP contribution in [0.15, 0.2) is 29.1 Å². The number of halogens is 1. The number of carboxylic acid groups (broad SMARTS) is 1. The van der Waals surface area contributed by atoms with Gasteiger partial charge in [-0.1, -0.05) is 11.6 Å². The van der Waals surface area contributed by atoms with Crippen molar-refractivity contribution in [3.63, 3.8) is 0 Å². The fourth-order valence-corrected chi connectivity index (χ4v) is 1.92. The fourth-order valence-electron chi connectivity index (χ4n) is 1.72. The lowest BCUT2D eigenvalue weighted by Gasteiger charge is -2.12. The first kappa shape index (κ1) is 14.1. The van der Waals surface area contributed by atoms with Crippen molar-refractivity contribution >= 4 is 17.6 Å². The first-order valence-corrected chi connectivity index (χ1v) is 6.00. The number of aryl methyl sites for hydroxylation is 1. The molecule has 0 spiro atoms. The third-order valence-corrected chi connectivity index (χ3v) is 3.01. The molecule has 0 aliphatic carbocycles. The van der Waals surface area contributed by atoms with Gasteiger partial charge in [-0.15, -0.1) is 0 Å². The third kappa shape index (κ3) is 2.50. The van der Waals surface area contributed by atoms with E-state index in [-0.39, 0.29) is 0 Å². The Labute approximate surface area is 119 Å². The van der Waals surface area contributed by atoms with Gasteiger partial charge >= 0.3 is 5.97 Å². The van der Waals surface area contributed by atoms with E-state index >= 15 is 0 Å². The fraction of sp³-hybridized carbons (Fsp3) is 0.154. The molecule has 0 saturated heterocycles. The number of hydrogen-bond acceptors (Lipinski definition) is 4. The summed E-state index contributed by atoms with van der Waals surface area (Å²) < 4.78 is 6.40. The van der Waals surface area contributed by atoms with Gasteiger partial charge in [0.25, 0.3) is 0 Å². The van der Waals surface area contributed by atoms with Crippen molar-refractivity contribution in [3.05, 3.63) is 50.9 Å². The summed E-state index contributed by atoms with van der Waals surface area (Å²) in [6.07, 6.45) is 0. The molecule has 104 valence electrons. The Kier molecular flexibility index (Phi) is 3.76. The maximum absolute atomic E-state index is 11.6. The molecule has 1 aromatic carbocycles. The van der Waals surface area contributed by atoms with Crippen LogP contribution in [0.1, 0.15) is 16.2 Å². The Morgan fingerprint density at radius 3 is 2.70 bits per heavy atom. The second-order valence-electron chi connectivity index (χ2n) is 4.03. The summed E-state index contributed by atoms with van der Waals surface area (Å²) in [7, 11) is 1.50. The monoisotopic (exact) mass is 294 g/mol. The van der Waals surface area contributed by atoms with Gasteiger partial charge in [-0.05, 0) is 19.1 Å². The second kappa shape index (κ2) is 5.34. The number of hydrogen-bond donors (Lipinski definition) is 1. The molecule has 20 heavy (non-hydrogen) atoms. The van der Waals surface area contributed by atoms with Gasteiger partial charge in [0.15, 0.2) is 0 Å². The summed E-state index contributed by atoms with van der Waals surface area (Å²) in [4.78, 5) is 22.5. The van der Waals surface area contributed by atoms with E-state index in [2.05, 4.69) is 5.10 Å². The van der Waals surface area contributed by atoms with Crippen LogP contribution in [0.2, 0.25) is 5.02 Å². The zero-order valence-electron chi connectivity index (χ0n) is 10.8. The topological polar surface area (TPSA) is 81.4 Å². The van der Waals surface area contributed by atoms with Crippen LogP contribution >= 0.6 is 11.6 Å². The predicted molar refractivity (Wildman–Crippen MR) is 73.1 cm³/mol. The number of rotatable bonds is 3. The molecule has 0 radical (unpaired) electrons. The highest BCUT2D eigenvalue weighted by Crippen LogP contribution is 2.25. The number of aromatic nitrogens is 2. The molecular weight excluding hydrogens is 284 g/mol. The van der Waals surface area contributed by atoms with Crippen molar-refractivity contribution in [2.75, 3.05) is 7.11 Å². The van der Waals surface area contributed by atoms with Crippen molar-refractivity contribution in [1.82, 2.24) is 9.78 Å². The largest absolute Gasteiger partial charge is 0.497 e. The lowest BCUT2D eigenvalue weighted by atomic mass is 10.2. The lowest BCUT2D eigenvalue weighted by Crippen LogP contribution is -2.22. The van der Waals surface area contributed by atoms with Crippen LogP contribution in [-0.4, -0.2) is 28.0 Å². The van der Waals surface area contributed by atoms with E-state index in [1.807, 2.05) is 0 Å². The van der Waals surface area contributed by atoms with E-state index in [1.54, 1.807) is 25.1 Å². The Bertz CT molecular complexity index is 740. The van der Waals surface area contributed by atoms with Crippen molar-refractivity contribution in [1.29, 1.82) is 0 Å². The van der Waals surface area contributed by atoms with Crippen LogP contribution in [-0.2, 0) is 0 Å². The Hall–Kier alpha value is -2.34. The minimum atomic E-state index is -1.39. The molecule has 0 atom stereocenters. The normalized spacial score (nSPS) is 10.3. The Morgan fingerprint density at radius 1 is 1.40 bits per heavy atom. The van der Waals surface area contributed by atoms with Gasteiger partial charge in [0.05, 0.1) is 17.8 Å². The molecule has 0 aliphatic heterocycles. The number of ether oxygens (including phenoxy) is 1. The summed E-state index contributed by atoms with van der Waals surface area (Å²) in [6, 6.07) is 6.09. The van der Waals surface area contributed by atoms with Gasteiger partial charge in [0.1, 0.15) is 5.75 Å². The smallest absolute Gasteiger partial charge is 0.360 e. The molecule has 6 nitrogen and oxygen atoms in total. The third-order valence-electron chi connectivity index (χ3n) is 2.69. The molecule has 0 aliphatic rings. The zero-order chi connectivity index (χ0) is 14.9. The van der Waals surface area contributed by atoms with Gasteiger partial charge in [0, 0.05) is 17.8 Å². The van der Waals surface area contributed by atoms with Crippen molar-refractivity contribution in [3.8, 4) is 11.4 Å². The van der Waals surface area contributed by atoms with E-state index in [1.165, 1.54) is 17.9 Å². The minimum absolute atomic E-state index is 0.362. The van der Waals surface area contributed by atoms with Crippen LogP contribution in [0.25, 0.3) is 5.69 Å². The standard InChI is InChI=1S/C13H11ClN2O4/c1-7-5-11(17)12(13(18)19)15-16(7)10-6-8(20-2)3-4-9(10)14/h3-6H,1-2H3,(H,18,19). The van der Waals surface area contributed by atoms with Crippen molar-refractivity contribution in [2.24, 2.45) is 0 Å². The van der Waals surface area contributed by atoms with Gasteiger partial charge in [-0.2, -0.15) is 5.10 Å². The number of carboxylic acids is 1. The van der Waals surface area contributed by atoms with Crippen LogP contribution in [0, 0.1) is 6.92 Å². The molecular formula is C13H11ClN2O4. The molecule has 2 aromatic rings. The molecule has 0 bridgehead atoms. The SMILES string of the molecule is COc1ccc(Cl)c(-n2nc(C(=O)O)c(=O)cc2C)c1. The van der Waals surface area contributed by atoms with E-state index in [0.29, 0.717) is 22.2 Å². The highest BCUT2D eigenvalue weighted by Gasteiger charge is 2.15. The molecule has 0 amide bonds. The van der Waals surface area contributed by atoms with Crippen molar-refractivity contribution < 1.29 is 14.6 Å². The second-order valence-corrected chi connectivity index (χ2v) is 4.44. The van der Waals surface area contributed by atoms with Gasteiger partial charge in [-0.25, -0.2) is 9.48 Å². The van der Waals surface area contributed by atoms with Crippen LogP contribution in [0.4, 0.5) is 0 Å². The molecule has 0 fully saturated rings. The van der Waals surface area contributed by atoms with E-state index in [9.17, 15) is 9.59 Å². The average molecular weight is 295 g/mol. The number of methoxy groups -OCH3 is 1. The highest BCUT2D eigenvalue weighted by atomic mass is 35.5. The summed E-state index contributed by atoms with van der Waals surface area (Å²) in [5.41, 5.74) is -0.305. The molecule has 0 saturated carbocycles. The average Bonchev–Trinajstić information content (AvgIpc) is 2.39. The number of nitrogens with zero attached hydrogens (tertiary/aromatic N) is 2. The van der Waals surface area contributed by atoms with Crippen LogP contribution in [0.3, 0.4) is 0 Å². The lowest BCUT2D eigenvalue weighted by molar-refractivity contribution is 0.0686. The van der Waals surface area contributed by atoms with Crippen molar-refractivity contribution in [2.45, 2.75) is 6.92 Å². The molecule has 1 N–H and O–H groups in total. The minimum Gasteiger partial charge on any atom is -0.497 e. The molecule has 1 aromatic heterocycles. The first-order chi connectivity index (χ1) is 9.43. The first-order valence-electron chi connectivity index (χ1n) is 5.62. The van der Waals surface area contributed by atoms with E-state index in [0.717, 1.165) is 0 Å². The molecule has 7 heteroatoms. The highest BCUT2D eigenvalue weighted by molar-refractivity contribution is 6.32. The summed E-state index contributed by atoms with van der Waals surface area (Å²) in [5, 5.41) is 13.2. The van der Waals surface area contributed by atoms with Crippen LogP contribution < -0.4 is 10.2 Å². The van der Waals surface area contributed by atoms with Gasteiger partial charge in [-0.3, -0.25) is 4.79 Å². The summed E-state index contributed by atoms with van der Waals surface area (Å²) in [6.45, 7) is 1.63. The Balaban J connectivity index is 2.72. The van der Waals surface area contributed by atoms with E-state index < -0.39 is 17.1 Å². The maximum atomic E-state index is 11.6. The van der Waals surface area contributed by atoms with Gasteiger partial charge < -0.3 is 9.84 Å². The quantitative estimate of drug-likeness (QED) is 0.935. The molecule has 0 unspecified atom stereocenters. The maximum Gasteiger partial charge on any atom is 0.360 e. The number of aromatic carboxylic acids is 1. The summed E-state index contributed by atoms with van der Waals surface area (Å²) >= 11 is 6.09. The van der Waals surface area contributed by atoms with E-state index in [4.69, 9.17) is 21.4 Å². The predicted octanol–water partition coefficient (Wildman–Crippen LogP) is 1.90.